The number of amides is 2. The number of nitrogens with one attached hydrogen (secondary N) is 1. The second-order valence-electron chi connectivity index (χ2n) is 4.61. The molecule has 1 saturated heterocycles. The monoisotopic (exact) mass is 228 g/mol. The summed E-state index contributed by atoms with van der Waals surface area (Å²) in [5.74, 6) is -1.02. The molecule has 6 heteroatoms. The fourth-order valence-electron chi connectivity index (χ4n) is 1.69. The van der Waals surface area contributed by atoms with E-state index in [9.17, 15) is 9.59 Å². The number of carbonyl (C=O) groups excluding carboxylic acids is 1. The van der Waals surface area contributed by atoms with Crippen molar-refractivity contribution in [3.63, 3.8) is 0 Å². The van der Waals surface area contributed by atoms with E-state index >= 15 is 0 Å². The molecule has 2 fully saturated rings. The van der Waals surface area contributed by atoms with Crippen molar-refractivity contribution in [1.82, 2.24) is 10.2 Å². The van der Waals surface area contributed by atoms with Crippen LogP contribution in [-0.4, -0.2) is 53.3 Å². The van der Waals surface area contributed by atoms with E-state index in [0.29, 0.717) is 13.2 Å². The number of hydrogen-bond acceptors (Lipinski definition) is 3. The molecule has 6 nitrogen and oxygen atoms in total. The Morgan fingerprint density at radius 3 is 2.75 bits per heavy atom. The van der Waals surface area contributed by atoms with E-state index in [0.717, 1.165) is 12.8 Å². The smallest absolute Gasteiger partial charge is 0.328 e. The number of rotatable bonds is 2. The van der Waals surface area contributed by atoms with Gasteiger partial charge in [-0.1, -0.05) is 0 Å². The molecule has 1 aliphatic carbocycles. The summed E-state index contributed by atoms with van der Waals surface area (Å²) < 4.78 is 5.07. The number of nitrogens with zero attached hydrogens (tertiary/aromatic N) is 1. The zero-order valence-electron chi connectivity index (χ0n) is 9.23. The molecule has 2 N–H and O–H groups in total. The Balaban J connectivity index is 1.99. The maximum absolute atomic E-state index is 11.9. The van der Waals surface area contributed by atoms with Crippen LogP contribution in [0.3, 0.4) is 0 Å². The van der Waals surface area contributed by atoms with E-state index in [1.54, 1.807) is 0 Å². The molecule has 90 valence electrons. The molecular formula is C10H16N2O4. The first-order chi connectivity index (χ1) is 7.52. The Bertz CT molecular complexity index is 314. The van der Waals surface area contributed by atoms with Gasteiger partial charge in [-0.25, -0.2) is 9.59 Å². The Morgan fingerprint density at radius 2 is 2.19 bits per heavy atom. The standard InChI is InChI=1S/C10H16N2O4/c1-10(2-3-10)11-9(15)12-4-5-16-6-7(12)8(13)14/h7H,2-6H2,1H3,(H,11,15)(H,13,14). The van der Waals surface area contributed by atoms with Gasteiger partial charge in [0.15, 0.2) is 6.04 Å². The van der Waals surface area contributed by atoms with Crippen molar-refractivity contribution >= 4 is 12.0 Å². The molecule has 1 heterocycles. The van der Waals surface area contributed by atoms with Crippen LogP contribution in [0.15, 0.2) is 0 Å². The summed E-state index contributed by atoms with van der Waals surface area (Å²) in [6.07, 6.45) is 1.92. The number of hydrogen-bond donors (Lipinski definition) is 2. The van der Waals surface area contributed by atoms with Gasteiger partial charge >= 0.3 is 12.0 Å². The molecule has 0 aromatic rings. The highest BCUT2D eigenvalue weighted by atomic mass is 16.5. The van der Waals surface area contributed by atoms with Crippen molar-refractivity contribution in [1.29, 1.82) is 0 Å². The lowest BCUT2D eigenvalue weighted by atomic mass is 10.2. The van der Waals surface area contributed by atoms with Gasteiger partial charge in [0.05, 0.1) is 13.2 Å². The van der Waals surface area contributed by atoms with Gasteiger partial charge in [0.1, 0.15) is 0 Å². The van der Waals surface area contributed by atoms with E-state index in [2.05, 4.69) is 5.32 Å². The number of ether oxygens (including phenoxy) is 1. The summed E-state index contributed by atoms with van der Waals surface area (Å²) >= 11 is 0. The molecule has 1 saturated carbocycles. The minimum Gasteiger partial charge on any atom is -0.480 e. The zero-order chi connectivity index (χ0) is 11.8. The number of carboxylic acid groups (broad SMARTS) is 1. The average Bonchev–Trinajstić information content (AvgIpc) is 2.96. The first-order valence-electron chi connectivity index (χ1n) is 5.41. The van der Waals surface area contributed by atoms with Crippen LogP contribution >= 0.6 is 0 Å². The lowest BCUT2D eigenvalue weighted by Crippen LogP contribution is -2.57. The van der Waals surface area contributed by atoms with Gasteiger partial charge in [-0.2, -0.15) is 0 Å². The normalized spacial score (nSPS) is 27.3. The topological polar surface area (TPSA) is 78.9 Å². The van der Waals surface area contributed by atoms with E-state index in [1.165, 1.54) is 4.90 Å². The molecule has 0 radical (unpaired) electrons. The van der Waals surface area contributed by atoms with Crippen molar-refractivity contribution in [3.05, 3.63) is 0 Å². The Labute approximate surface area is 93.6 Å². The quantitative estimate of drug-likeness (QED) is 0.699. The van der Waals surface area contributed by atoms with Crippen LogP contribution in [0.2, 0.25) is 0 Å². The molecule has 0 bridgehead atoms. The first-order valence-corrected chi connectivity index (χ1v) is 5.41. The molecule has 0 spiro atoms. The average molecular weight is 228 g/mol. The van der Waals surface area contributed by atoms with Gasteiger partial charge in [0.25, 0.3) is 0 Å². The van der Waals surface area contributed by atoms with Crippen LogP contribution in [0.1, 0.15) is 19.8 Å². The predicted molar refractivity (Wildman–Crippen MR) is 55.1 cm³/mol. The highest BCUT2D eigenvalue weighted by molar-refractivity contribution is 5.83. The van der Waals surface area contributed by atoms with Crippen molar-refractivity contribution in [3.8, 4) is 0 Å². The number of urea groups is 1. The largest absolute Gasteiger partial charge is 0.480 e. The summed E-state index contributed by atoms with van der Waals surface area (Å²) in [6.45, 7) is 2.76. The van der Waals surface area contributed by atoms with Gasteiger partial charge in [0.2, 0.25) is 0 Å². The lowest BCUT2D eigenvalue weighted by Gasteiger charge is -2.33. The van der Waals surface area contributed by atoms with Crippen LogP contribution in [0, 0.1) is 0 Å². The summed E-state index contributed by atoms with van der Waals surface area (Å²) in [4.78, 5) is 24.2. The predicted octanol–water partition coefficient (Wildman–Crippen LogP) is 0.0339. The zero-order valence-corrected chi connectivity index (χ0v) is 9.23. The second kappa shape index (κ2) is 3.93. The second-order valence-corrected chi connectivity index (χ2v) is 4.61. The van der Waals surface area contributed by atoms with Crippen molar-refractivity contribution in [2.24, 2.45) is 0 Å². The van der Waals surface area contributed by atoms with Crippen LogP contribution in [0.4, 0.5) is 4.79 Å². The minimum absolute atomic E-state index is 0.0689. The van der Waals surface area contributed by atoms with Crippen molar-refractivity contribution in [2.75, 3.05) is 19.8 Å². The highest BCUT2D eigenvalue weighted by Crippen LogP contribution is 2.34. The maximum Gasteiger partial charge on any atom is 0.328 e. The van der Waals surface area contributed by atoms with Crippen LogP contribution in [0.25, 0.3) is 0 Å². The number of carbonyl (C=O) groups is 2. The van der Waals surface area contributed by atoms with E-state index < -0.39 is 12.0 Å². The van der Waals surface area contributed by atoms with Crippen molar-refractivity contribution < 1.29 is 19.4 Å². The summed E-state index contributed by atoms with van der Waals surface area (Å²) in [5.41, 5.74) is -0.127. The lowest BCUT2D eigenvalue weighted by molar-refractivity contribution is -0.147. The number of carboxylic acids is 1. The fraction of sp³-hybridized carbons (Fsp3) is 0.800. The van der Waals surface area contributed by atoms with Gasteiger partial charge in [-0.3, -0.25) is 0 Å². The molecule has 16 heavy (non-hydrogen) atoms. The SMILES string of the molecule is CC1(NC(=O)N2CCOCC2C(=O)O)CC1. The fourth-order valence-corrected chi connectivity index (χ4v) is 1.69. The first kappa shape index (κ1) is 11.2. The maximum atomic E-state index is 11.9. The third kappa shape index (κ3) is 2.27. The molecule has 2 aliphatic rings. The van der Waals surface area contributed by atoms with Crippen LogP contribution in [0.5, 0.6) is 0 Å². The Hall–Kier alpha value is -1.30. The summed E-state index contributed by atoms with van der Waals surface area (Å²) in [6, 6.07) is -1.16. The van der Waals surface area contributed by atoms with E-state index in [4.69, 9.17) is 9.84 Å². The third-order valence-corrected chi connectivity index (χ3v) is 3.08. The van der Waals surface area contributed by atoms with Crippen LogP contribution in [-0.2, 0) is 9.53 Å². The van der Waals surface area contributed by atoms with Gasteiger partial charge in [0, 0.05) is 12.1 Å². The molecule has 0 aromatic heterocycles. The minimum atomic E-state index is -1.02. The van der Waals surface area contributed by atoms with E-state index in [1.807, 2.05) is 6.92 Å². The van der Waals surface area contributed by atoms with Gasteiger partial charge < -0.3 is 20.1 Å². The Morgan fingerprint density at radius 1 is 1.50 bits per heavy atom. The van der Waals surface area contributed by atoms with E-state index in [-0.39, 0.29) is 18.2 Å². The summed E-state index contributed by atoms with van der Waals surface area (Å²) in [7, 11) is 0. The molecule has 1 atom stereocenters. The molecular weight excluding hydrogens is 212 g/mol. The van der Waals surface area contributed by atoms with Crippen molar-refractivity contribution in [2.45, 2.75) is 31.3 Å². The van der Waals surface area contributed by atoms with Crippen LogP contribution < -0.4 is 5.32 Å². The molecule has 1 aliphatic heterocycles. The van der Waals surface area contributed by atoms with Gasteiger partial charge in [-0.15, -0.1) is 0 Å². The molecule has 2 amide bonds. The number of aliphatic carboxylic acids is 1. The Kier molecular flexibility index (Phi) is 2.75. The highest BCUT2D eigenvalue weighted by Gasteiger charge is 2.42. The molecule has 0 aromatic carbocycles. The number of morpholine rings is 1. The molecule has 1 unspecified atom stereocenters. The molecule has 2 rings (SSSR count). The summed E-state index contributed by atoms with van der Waals surface area (Å²) in [5, 5.41) is 11.8. The van der Waals surface area contributed by atoms with Gasteiger partial charge in [-0.05, 0) is 19.8 Å². The third-order valence-electron chi connectivity index (χ3n) is 3.08.